The molecule has 1 aliphatic carbocycles. The molecule has 1 aromatic rings. The Hall–Kier alpha value is -1.11. The first kappa shape index (κ1) is 6.41. The highest BCUT2D eigenvalue weighted by Crippen LogP contribution is 2.46. The molecule has 0 radical (unpaired) electrons. The van der Waals surface area contributed by atoms with E-state index in [2.05, 4.69) is 30.1 Å². The number of aliphatic imine (C=N–C) groups is 1. The molecule has 0 bridgehead atoms. The van der Waals surface area contributed by atoms with Crippen molar-refractivity contribution in [2.24, 2.45) is 4.99 Å². The van der Waals surface area contributed by atoms with E-state index in [0.29, 0.717) is 6.04 Å². The van der Waals surface area contributed by atoms with Gasteiger partial charge in [-0.3, -0.25) is 4.99 Å². The van der Waals surface area contributed by atoms with Crippen molar-refractivity contribution < 1.29 is 0 Å². The van der Waals surface area contributed by atoms with Gasteiger partial charge in [0.05, 0.1) is 6.04 Å². The second kappa shape index (κ2) is 1.98. The standard InChI is InChI=1S/C11H11N/c1-7-2-3-9-8(4-7)6-12-11-5-10(9)11/h2-4,6,10-11H,5H2,1H3/t10-,11?/m1/s1. The van der Waals surface area contributed by atoms with E-state index < -0.39 is 0 Å². The molecular weight excluding hydrogens is 146 g/mol. The number of benzene rings is 1. The Bertz CT molecular complexity index is 365. The summed E-state index contributed by atoms with van der Waals surface area (Å²) in [7, 11) is 0. The van der Waals surface area contributed by atoms with E-state index in [0.717, 1.165) is 5.92 Å². The van der Waals surface area contributed by atoms with Crippen LogP contribution in [0.2, 0.25) is 0 Å². The molecule has 12 heavy (non-hydrogen) atoms. The Balaban J connectivity index is 2.21. The number of fused-ring (bicyclic) bond motifs is 3. The molecule has 0 amide bonds. The normalized spacial score (nSPS) is 29.4. The lowest BCUT2D eigenvalue weighted by Gasteiger charge is -2.09. The number of hydrogen-bond acceptors (Lipinski definition) is 1. The molecule has 0 saturated heterocycles. The molecule has 0 aromatic heterocycles. The van der Waals surface area contributed by atoms with Crippen molar-refractivity contribution in [3.63, 3.8) is 0 Å². The largest absolute Gasteiger partial charge is 0.289 e. The van der Waals surface area contributed by atoms with Crippen molar-refractivity contribution in [1.82, 2.24) is 0 Å². The number of hydrogen-bond donors (Lipinski definition) is 0. The molecule has 2 aliphatic rings. The SMILES string of the molecule is Cc1ccc2c(c1)C=NC1C[C@H]21. The quantitative estimate of drug-likeness (QED) is 0.548. The average Bonchev–Trinajstić information content (AvgIpc) is 2.82. The van der Waals surface area contributed by atoms with Crippen LogP contribution in [-0.2, 0) is 0 Å². The van der Waals surface area contributed by atoms with Crippen LogP contribution in [0, 0.1) is 6.92 Å². The summed E-state index contributed by atoms with van der Waals surface area (Å²) >= 11 is 0. The monoisotopic (exact) mass is 157 g/mol. The molecule has 1 heterocycles. The van der Waals surface area contributed by atoms with Gasteiger partial charge in [-0.15, -0.1) is 0 Å². The minimum absolute atomic E-state index is 0.625. The molecule has 1 nitrogen and oxygen atoms in total. The smallest absolute Gasteiger partial charge is 0.0575 e. The maximum absolute atomic E-state index is 4.46. The van der Waals surface area contributed by atoms with E-state index in [1.807, 2.05) is 6.21 Å². The van der Waals surface area contributed by atoms with Crippen LogP contribution in [-0.4, -0.2) is 12.3 Å². The Morgan fingerprint density at radius 3 is 3.25 bits per heavy atom. The summed E-state index contributed by atoms with van der Waals surface area (Å²) in [6.45, 7) is 2.13. The molecule has 3 rings (SSSR count). The predicted octanol–water partition coefficient (Wildman–Crippen LogP) is 2.28. The third kappa shape index (κ3) is 0.765. The molecule has 1 aromatic carbocycles. The average molecular weight is 157 g/mol. The van der Waals surface area contributed by atoms with Crippen molar-refractivity contribution in [2.45, 2.75) is 25.3 Å². The van der Waals surface area contributed by atoms with Crippen LogP contribution in [0.15, 0.2) is 23.2 Å². The van der Waals surface area contributed by atoms with E-state index in [9.17, 15) is 0 Å². The first-order valence-corrected chi connectivity index (χ1v) is 4.48. The van der Waals surface area contributed by atoms with Crippen LogP contribution in [0.5, 0.6) is 0 Å². The van der Waals surface area contributed by atoms with E-state index in [-0.39, 0.29) is 0 Å². The van der Waals surface area contributed by atoms with Crippen molar-refractivity contribution in [3.8, 4) is 0 Å². The van der Waals surface area contributed by atoms with E-state index >= 15 is 0 Å². The van der Waals surface area contributed by atoms with Gasteiger partial charge in [-0.2, -0.15) is 0 Å². The lowest BCUT2D eigenvalue weighted by molar-refractivity contribution is 0.973. The van der Waals surface area contributed by atoms with Gasteiger partial charge in [-0.25, -0.2) is 0 Å². The number of rotatable bonds is 0. The minimum Gasteiger partial charge on any atom is -0.289 e. The van der Waals surface area contributed by atoms with Gasteiger partial charge in [-0.1, -0.05) is 23.8 Å². The molecule has 1 saturated carbocycles. The highest BCUT2D eigenvalue weighted by atomic mass is 14.9. The minimum atomic E-state index is 0.625. The first-order valence-electron chi connectivity index (χ1n) is 4.48. The fourth-order valence-electron chi connectivity index (χ4n) is 2.00. The highest BCUT2D eigenvalue weighted by molar-refractivity contribution is 5.85. The second-order valence-electron chi connectivity index (χ2n) is 3.82. The van der Waals surface area contributed by atoms with Crippen LogP contribution in [0.3, 0.4) is 0 Å². The second-order valence-corrected chi connectivity index (χ2v) is 3.82. The molecule has 1 heteroatoms. The predicted molar refractivity (Wildman–Crippen MR) is 49.9 cm³/mol. The Labute approximate surface area is 72.1 Å². The lowest BCUT2D eigenvalue weighted by Crippen LogP contribution is -1.99. The zero-order valence-electron chi connectivity index (χ0n) is 7.12. The summed E-state index contributed by atoms with van der Waals surface area (Å²) in [5.74, 6) is 0.755. The van der Waals surface area contributed by atoms with Gasteiger partial charge in [0.2, 0.25) is 0 Å². The fraction of sp³-hybridized carbons (Fsp3) is 0.364. The topological polar surface area (TPSA) is 12.4 Å². The van der Waals surface area contributed by atoms with Crippen molar-refractivity contribution >= 4 is 6.21 Å². The lowest BCUT2D eigenvalue weighted by atomic mass is 10.00. The Kier molecular flexibility index (Phi) is 1.06. The molecule has 0 spiro atoms. The van der Waals surface area contributed by atoms with Gasteiger partial charge in [0.1, 0.15) is 0 Å². The molecular formula is C11H11N. The first-order chi connectivity index (χ1) is 5.84. The van der Waals surface area contributed by atoms with E-state index in [1.165, 1.54) is 23.1 Å². The van der Waals surface area contributed by atoms with Crippen LogP contribution in [0.4, 0.5) is 0 Å². The number of nitrogens with zero attached hydrogens (tertiary/aromatic N) is 1. The van der Waals surface area contributed by atoms with Crippen LogP contribution in [0.1, 0.15) is 29.0 Å². The van der Waals surface area contributed by atoms with Gasteiger partial charge in [0, 0.05) is 12.1 Å². The van der Waals surface area contributed by atoms with E-state index in [4.69, 9.17) is 0 Å². The fourth-order valence-corrected chi connectivity index (χ4v) is 2.00. The van der Waals surface area contributed by atoms with Crippen LogP contribution >= 0.6 is 0 Å². The summed E-state index contributed by atoms with van der Waals surface area (Å²) in [5.41, 5.74) is 4.19. The van der Waals surface area contributed by atoms with Crippen molar-refractivity contribution in [3.05, 3.63) is 34.9 Å². The zero-order chi connectivity index (χ0) is 8.13. The summed E-state index contributed by atoms with van der Waals surface area (Å²) in [5, 5.41) is 0. The van der Waals surface area contributed by atoms with Crippen LogP contribution < -0.4 is 0 Å². The molecule has 60 valence electrons. The maximum atomic E-state index is 4.46. The van der Waals surface area contributed by atoms with Crippen molar-refractivity contribution in [1.29, 1.82) is 0 Å². The third-order valence-electron chi connectivity index (χ3n) is 2.80. The maximum Gasteiger partial charge on any atom is 0.0575 e. The zero-order valence-corrected chi connectivity index (χ0v) is 7.12. The van der Waals surface area contributed by atoms with Crippen molar-refractivity contribution in [2.75, 3.05) is 0 Å². The van der Waals surface area contributed by atoms with Gasteiger partial charge in [-0.05, 0) is 24.5 Å². The van der Waals surface area contributed by atoms with E-state index in [1.54, 1.807) is 0 Å². The van der Waals surface area contributed by atoms with Gasteiger partial charge < -0.3 is 0 Å². The summed E-state index contributed by atoms with van der Waals surface area (Å²) in [4.78, 5) is 4.46. The van der Waals surface area contributed by atoms with Gasteiger partial charge in [0.25, 0.3) is 0 Å². The Morgan fingerprint density at radius 1 is 1.42 bits per heavy atom. The molecule has 1 aliphatic heterocycles. The van der Waals surface area contributed by atoms with Gasteiger partial charge >= 0.3 is 0 Å². The highest BCUT2D eigenvalue weighted by Gasteiger charge is 2.40. The van der Waals surface area contributed by atoms with Crippen LogP contribution in [0.25, 0.3) is 0 Å². The molecule has 0 N–H and O–H groups in total. The summed E-state index contributed by atoms with van der Waals surface area (Å²) in [6.07, 6.45) is 3.31. The summed E-state index contributed by atoms with van der Waals surface area (Å²) < 4.78 is 0. The molecule has 2 atom stereocenters. The van der Waals surface area contributed by atoms with Gasteiger partial charge in [0.15, 0.2) is 0 Å². The number of aryl methyl sites for hydroxylation is 1. The molecule has 1 fully saturated rings. The molecule has 1 unspecified atom stereocenters. The summed E-state index contributed by atoms with van der Waals surface area (Å²) in [6, 6.07) is 7.32. The Morgan fingerprint density at radius 2 is 2.33 bits per heavy atom. The third-order valence-corrected chi connectivity index (χ3v) is 2.80.